The molecule has 1 spiro atoms. The molecule has 2 aliphatic carbocycles. The molecule has 2 fully saturated rings. The smallest absolute Gasteiger partial charge is 0.309 e. The Morgan fingerprint density at radius 3 is 2.60 bits per heavy atom. The van der Waals surface area contributed by atoms with Gasteiger partial charge in [-0.1, -0.05) is 12.8 Å². The monoisotopic (exact) mass is 211 g/mol. The molecule has 0 radical (unpaired) electrons. The molecule has 0 aromatic carbocycles. The van der Waals surface area contributed by atoms with E-state index in [2.05, 4.69) is 0 Å². The number of esters is 1. The van der Waals surface area contributed by atoms with E-state index >= 15 is 0 Å². The van der Waals surface area contributed by atoms with Crippen LogP contribution in [0.25, 0.3) is 0 Å². The van der Waals surface area contributed by atoms with Gasteiger partial charge in [0.05, 0.1) is 13.0 Å². The fourth-order valence-corrected chi connectivity index (χ4v) is 3.48. The van der Waals surface area contributed by atoms with Gasteiger partial charge in [0, 0.05) is 6.04 Å². The summed E-state index contributed by atoms with van der Waals surface area (Å²) in [5.41, 5.74) is 6.20. The molecule has 2 atom stereocenters. The van der Waals surface area contributed by atoms with Crippen LogP contribution in [0.1, 0.15) is 44.9 Å². The Labute approximate surface area is 91.4 Å². The molecule has 3 nitrogen and oxygen atoms in total. The molecule has 2 saturated carbocycles. The Balaban J connectivity index is 2.16. The van der Waals surface area contributed by atoms with Crippen LogP contribution >= 0.6 is 0 Å². The van der Waals surface area contributed by atoms with Crippen LogP contribution in [0, 0.1) is 11.3 Å². The highest BCUT2D eigenvalue weighted by molar-refractivity contribution is 5.73. The van der Waals surface area contributed by atoms with Crippen LogP contribution in [0.15, 0.2) is 0 Å². The number of hydrogen-bond donors (Lipinski definition) is 1. The van der Waals surface area contributed by atoms with Crippen molar-refractivity contribution in [1.29, 1.82) is 0 Å². The SMILES string of the molecule is COC(=O)C1CC(N)CCC12CCCC2. The molecule has 0 aromatic rings. The number of methoxy groups -OCH3 is 1. The van der Waals surface area contributed by atoms with E-state index < -0.39 is 0 Å². The van der Waals surface area contributed by atoms with Crippen LogP contribution in [0.2, 0.25) is 0 Å². The second-order valence-electron chi connectivity index (χ2n) is 5.18. The van der Waals surface area contributed by atoms with Gasteiger partial charge in [-0.25, -0.2) is 0 Å². The lowest BCUT2D eigenvalue weighted by Crippen LogP contribution is -2.44. The number of ether oxygens (including phenoxy) is 1. The second-order valence-corrected chi connectivity index (χ2v) is 5.18. The van der Waals surface area contributed by atoms with Crippen molar-refractivity contribution in [3.63, 3.8) is 0 Å². The number of hydrogen-bond acceptors (Lipinski definition) is 3. The van der Waals surface area contributed by atoms with Gasteiger partial charge in [0.2, 0.25) is 0 Å². The molecule has 0 heterocycles. The molecule has 2 N–H and O–H groups in total. The zero-order valence-electron chi connectivity index (χ0n) is 9.50. The van der Waals surface area contributed by atoms with Crippen LogP contribution in [-0.4, -0.2) is 19.1 Å². The van der Waals surface area contributed by atoms with Crippen LogP contribution in [0.4, 0.5) is 0 Å². The van der Waals surface area contributed by atoms with E-state index in [0.717, 1.165) is 19.3 Å². The number of nitrogens with two attached hydrogens (primary N) is 1. The first-order valence-corrected chi connectivity index (χ1v) is 6.01. The molecule has 2 aliphatic rings. The van der Waals surface area contributed by atoms with Gasteiger partial charge in [-0.05, 0) is 37.5 Å². The van der Waals surface area contributed by atoms with Crippen molar-refractivity contribution in [3.8, 4) is 0 Å². The maximum atomic E-state index is 11.8. The molecule has 0 aromatic heterocycles. The quantitative estimate of drug-likeness (QED) is 0.673. The van der Waals surface area contributed by atoms with E-state index in [1.165, 1.54) is 32.8 Å². The van der Waals surface area contributed by atoms with Gasteiger partial charge in [-0.3, -0.25) is 4.79 Å². The molecule has 0 saturated heterocycles. The zero-order chi connectivity index (χ0) is 10.9. The zero-order valence-corrected chi connectivity index (χ0v) is 9.50. The van der Waals surface area contributed by atoms with E-state index in [1.807, 2.05) is 0 Å². The van der Waals surface area contributed by atoms with Crippen LogP contribution in [0.5, 0.6) is 0 Å². The molecular formula is C12H21NO2. The van der Waals surface area contributed by atoms with Crippen molar-refractivity contribution >= 4 is 5.97 Å². The third kappa shape index (κ3) is 1.89. The third-order valence-corrected chi connectivity index (χ3v) is 4.38. The molecule has 15 heavy (non-hydrogen) atoms. The molecule has 0 bridgehead atoms. The summed E-state index contributed by atoms with van der Waals surface area (Å²) in [5.74, 6) is 0.0285. The standard InChI is InChI=1S/C12H21NO2/c1-15-11(14)10-8-9(13)4-7-12(10)5-2-3-6-12/h9-10H,2-8,13H2,1H3. The van der Waals surface area contributed by atoms with Crippen molar-refractivity contribution in [2.75, 3.05) is 7.11 Å². The van der Waals surface area contributed by atoms with Gasteiger partial charge in [0.1, 0.15) is 0 Å². The molecule has 2 unspecified atom stereocenters. The van der Waals surface area contributed by atoms with Crippen molar-refractivity contribution < 1.29 is 9.53 Å². The average molecular weight is 211 g/mol. The van der Waals surface area contributed by atoms with Crippen molar-refractivity contribution in [3.05, 3.63) is 0 Å². The van der Waals surface area contributed by atoms with Crippen LogP contribution in [0.3, 0.4) is 0 Å². The Hall–Kier alpha value is -0.570. The molecule has 3 heteroatoms. The summed E-state index contributed by atoms with van der Waals surface area (Å²) >= 11 is 0. The van der Waals surface area contributed by atoms with E-state index in [0.29, 0.717) is 0 Å². The summed E-state index contributed by atoms with van der Waals surface area (Å²) in [4.78, 5) is 11.8. The van der Waals surface area contributed by atoms with Crippen molar-refractivity contribution in [2.24, 2.45) is 17.1 Å². The summed E-state index contributed by atoms with van der Waals surface area (Å²) in [6.07, 6.45) is 7.94. The van der Waals surface area contributed by atoms with Gasteiger partial charge in [0.15, 0.2) is 0 Å². The predicted octanol–water partition coefficient (Wildman–Crippen LogP) is 1.85. The van der Waals surface area contributed by atoms with Gasteiger partial charge < -0.3 is 10.5 Å². The predicted molar refractivity (Wildman–Crippen MR) is 58.2 cm³/mol. The fourth-order valence-electron chi connectivity index (χ4n) is 3.48. The lowest BCUT2D eigenvalue weighted by molar-refractivity contribution is -0.153. The number of rotatable bonds is 1. The maximum absolute atomic E-state index is 11.8. The maximum Gasteiger partial charge on any atom is 0.309 e. The van der Waals surface area contributed by atoms with Crippen molar-refractivity contribution in [1.82, 2.24) is 0 Å². The first-order valence-electron chi connectivity index (χ1n) is 6.01. The Kier molecular flexibility index (Phi) is 3.01. The summed E-state index contributed by atoms with van der Waals surface area (Å²) in [6.45, 7) is 0. The number of carbonyl (C=O) groups is 1. The van der Waals surface area contributed by atoms with E-state index in [9.17, 15) is 4.79 Å². The lowest BCUT2D eigenvalue weighted by atomic mass is 9.64. The molecule has 86 valence electrons. The molecule has 0 aliphatic heterocycles. The Bertz CT molecular complexity index is 246. The van der Waals surface area contributed by atoms with Crippen molar-refractivity contribution in [2.45, 2.75) is 51.0 Å². The first kappa shape index (κ1) is 10.9. The minimum Gasteiger partial charge on any atom is -0.469 e. The van der Waals surface area contributed by atoms with Gasteiger partial charge in [-0.15, -0.1) is 0 Å². The van der Waals surface area contributed by atoms with Gasteiger partial charge in [0.25, 0.3) is 0 Å². The van der Waals surface area contributed by atoms with E-state index in [4.69, 9.17) is 10.5 Å². The minimum absolute atomic E-state index is 0.0351. The lowest BCUT2D eigenvalue weighted by Gasteiger charge is -2.42. The van der Waals surface area contributed by atoms with Gasteiger partial charge >= 0.3 is 5.97 Å². The highest BCUT2D eigenvalue weighted by Gasteiger charge is 2.48. The second kappa shape index (κ2) is 4.12. The largest absolute Gasteiger partial charge is 0.469 e. The van der Waals surface area contributed by atoms with Gasteiger partial charge in [-0.2, -0.15) is 0 Å². The Morgan fingerprint density at radius 2 is 2.00 bits per heavy atom. The molecular weight excluding hydrogens is 190 g/mol. The minimum atomic E-state index is -0.0351. The van der Waals surface area contributed by atoms with E-state index in [1.54, 1.807) is 0 Å². The van der Waals surface area contributed by atoms with Crippen LogP contribution in [-0.2, 0) is 9.53 Å². The summed E-state index contributed by atoms with van der Waals surface area (Å²) in [5, 5.41) is 0. The normalized spacial score (nSPS) is 34.3. The van der Waals surface area contributed by atoms with E-state index in [-0.39, 0.29) is 23.3 Å². The highest BCUT2D eigenvalue weighted by atomic mass is 16.5. The molecule has 2 rings (SSSR count). The summed E-state index contributed by atoms with van der Waals surface area (Å²) < 4.78 is 4.93. The topological polar surface area (TPSA) is 52.3 Å². The average Bonchev–Trinajstić information content (AvgIpc) is 2.70. The molecule has 0 amide bonds. The summed E-state index contributed by atoms with van der Waals surface area (Å²) in [7, 11) is 1.49. The third-order valence-electron chi connectivity index (χ3n) is 4.38. The fraction of sp³-hybridized carbons (Fsp3) is 0.917. The number of carbonyl (C=O) groups excluding carboxylic acids is 1. The van der Waals surface area contributed by atoms with Crippen LogP contribution < -0.4 is 5.73 Å². The Morgan fingerprint density at radius 1 is 1.33 bits per heavy atom. The first-order chi connectivity index (χ1) is 7.18. The summed E-state index contributed by atoms with van der Waals surface area (Å²) in [6, 6.07) is 0.195. The highest BCUT2D eigenvalue weighted by Crippen LogP contribution is 2.52.